The van der Waals surface area contributed by atoms with Crippen molar-refractivity contribution in [3.05, 3.63) is 0 Å². The minimum atomic E-state index is -1.34. The number of carbonyl (C=O) groups excluding carboxylic acids is 2. The quantitative estimate of drug-likeness (QED) is 0.704. The van der Waals surface area contributed by atoms with Crippen LogP contribution in [0.2, 0.25) is 0 Å². The Morgan fingerprint density at radius 2 is 2.00 bits per heavy atom. The van der Waals surface area contributed by atoms with Gasteiger partial charge in [0.1, 0.15) is 5.54 Å². The van der Waals surface area contributed by atoms with Crippen LogP contribution < -0.4 is 5.32 Å². The maximum atomic E-state index is 12.4. The molecule has 1 aliphatic heterocycles. The van der Waals surface area contributed by atoms with Gasteiger partial charge in [0.2, 0.25) is 0 Å². The largest absolute Gasteiger partial charge is 0.480 e. The molecule has 0 aromatic carbocycles. The van der Waals surface area contributed by atoms with Crippen molar-refractivity contribution in [3.63, 3.8) is 0 Å². The summed E-state index contributed by atoms with van der Waals surface area (Å²) in [5.74, 6) is -1.68. The molecule has 0 saturated carbocycles. The Labute approximate surface area is 123 Å². The van der Waals surface area contributed by atoms with Gasteiger partial charge in [-0.05, 0) is 12.8 Å². The summed E-state index contributed by atoms with van der Waals surface area (Å²) in [6.07, 6.45) is 0.496. The minimum absolute atomic E-state index is 0.0401. The average Bonchev–Trinajstić information content (AvgIpc) is 2.51. The van der Waals surface area contributed by atoms with Crippen LogP contribution in [0.15, 0.2) is 0 Å². The maximum absolute atomic E-state index is 12.4. The van der Waals surface area contributed by atoms with Crippen molar-refractivity contribution >= 4 is 18.0 Å². The van der Waals surface area contributed by atoms with Crippen molar-refractivity contribution in [1.82, 2.24) is 10.2 Å². The number of amides is 2. The fraction of sp³-hybridized carbons (Fsp3) is 0.769. The number of hydrogen-bond acceptors (Lipinski definition) is 5. The molecule has 0 bridgehead atoms. The molecule has 1 rings (SSSR count). The maximum Gasteiger partial charge on any atom is 0.331 e. The lowest BCUT2D eigenvalue weighted by Crippen LogP contribution is -2.62. The topological polar surface area (TPSA) is 105 Å². The Hall–Kier alpha value is -1.83. The Morgan fingerprint density at radius 1 is 1.38 bits per heavy atom. The number of urea groups is 1. The van der Waals surface area contributed by atoms with Gasteiger partial charge >= 0.3 is 18.0 Å². The summed E-state index contributed by atoms with van der Waals surface area (Å²) in [4.78, 5) is 36.7. The fourth-order valence-electron chi connectivity index (χ4n) is 2.24. The van der Waals surface area contributed by atoms with Gasteiger partial charge in [-0.1, -0.05) is 13.8 Å². The van der Waals surface area contributed by atoms with E-state index < -0.39 is 29.6 Å². The summed E-state index contributed by atoms with van der Waals surface area (Å²) in [7, 11) is 1.23. The molecule has 0 aromatic heterocycles. The monoisotopic (exact) mass is 302 g/mol. The molecule has 0 aliphatic carbocycles. The van der Waals surface area contributed by atoms with Gasteiger partial charge in [-0.15, -0.1) is 0 Å². The Balaban J connectivity index is 2.89. The van der Waals surface area contributed by atoms with Crippen molar-refractivity contribution < 1.29 is 29.0 Å². The predicted octanol–water partition coefficient (Wildman–Crippen LogP) is 0.213. The van der Waals surface area contributed by atoms with E-state index in [2.05, 4.69) is 10.1 Å². The van der Waals surface area contributed by atoms with Gasteiger partial charge < -0.3 is 24.8 Å². The van der Waals surface area contributed by atoms with Crippen LogP contribution in [0.25, 0.3) is 0 Å². The number of carboxylic acids is 1. The standard InChI is InChI=1S/C13H22N2O6/c1-4-13(5-2,11(17)18)14-12(19)15-6-7-21-8-9(15)10(16)20-3/h9H,4-8H2,1-3H3,(H,14,19)(H,17,18). The molecule has 120 valence electrons. The molecule has 8 nitrogen and oxygen atoms in total. The number of nitrogens with one attached hydrogen (secondary N) is 1. The van der Waals surface area contributed by atoms with Crippen molar-refractivity contribution in [3.8, 4) is 0 Å². The lowest BCUT2D eigenvalue weighted by Gasteiger charge is -2.37. The molecular weight excluding hydrogens is 280 g/mol. The molecule has 1 saturated heterocycles. The molecule has 1 heterocycles. The summed E-state index contributed by atoms with van der Waals surface area (Å²) >= 11 is 0. The highest BCUT2D eigenvalue weighted by molar-refractivity contribution is 5.89. The molecule has 1 unspecified atom stereocenters. The van der Waals surface area contributed by atoms with E-state index in [0.717, 1.165) is 0 Å². The fourth-order valence-corrected chi connectivity index (χ4v) is 2.24. The smallest absolute Gasteiger partial charge is 0.331 e. The third-order valence-electron chi connectivity index (χ3n) is 3.83. The van der Waals surface area contributed by atoms with E-state index in [1.54, 1.807) is 13.8 Å². The van der Waals surface area contributed by atoms with E-state index in [-0.39, 0.29) is 26.0 Å². The number of nitrogens with zero attached hydrogens (tertiary/aromatic N) is 1. The van der Waals surface area contributed by atoms with Crippen LogP contribution in [0.4, 0.5) is 4.79 Å². The van der Waals surface area contributed by atoms with E-state index in [0.29, 0.717) is 6.61 Å². The van der Waals surface area contributed by atoms with Gasteiger partial charge in [0.15, 0.2) is 6.04 Å². The molecular formula is C13H22N2O6. The molecule has 1 aliphatic rings. The molecule has 2 N–H and O–H groups in total. The number of rotatable bonds is 5. The number of ether oxygens (including phenoxy) is 2. The summed E-state index contributed by atoms with van der Waals surface area (Å²) in [6, 6.07) is -1.45. The second-order valence-electron chi connectivity index (χ2n) is 4.83. The van der Waals surface area contributed by atoms with Crippen LogP contribution >= 0.6 is 0 Å². The van der Waals surface area contributed by atoms with Gasteiger partial charge in [0.05, 0.1) is 20.3 Å². The Morgan fingerprint density at radius 3 is 2.48 bits per heavy atom. The average molecular weight is 302 g/mol. The van der Waals surface area contributed by atoms with Crippen molar-refractivity contribution in [2.24, 2.45) is 0 Å². The van der Waals surface area contributed by atoms with E-state index in [9.17, 15) is 19.5 Å². The molecule has 2 amide bonds. The Kier molecular flexibility index (Phi) is 5.95. The second-order valence-corrected chi connectivity index (χ2v) is 4.83. The van der Waals surface area contributed by atoms with Gasteiger partial charge in [-0.3, -0.25) is 0 Å². The van der Waals surface area contributed by atoms with Crippen molar-refractivity contribution in [2.45, 2.75) is 38.3 Å². The van der Waals surface area contributed by atoms with Crippen LogP contribution in [0.1, 0.15) is 26.7 Å². The second kappa shape index (κ2) is 7.26. The van der Waals surface area contributed by atoms with E-state index >= 15 is 0 Å². The molecule has 1 fully saturated rings. The molecule has 8 heteroatoms. The molecule has 0 aromatic rings. The molecule has 1 atom stereocenters. The van der Waals surface area contributed by atoms with Crippen LogP contribution in [0.5, 0.6) is 0 Å². The van der Waals surface area contributed by atoms with Crippen LogP contribution in [-0.4, -0.2) is 66.4 Å². The van der Waals surface area contributed by atoms with Gasteiger partial charge in [-0.25, -0.2) is 14.4 Å². The highest BCUT2D eigenvalue weighted by Crippen LogP contribution is 2.17. The zero-order chi connectivity index (χ0) is 16.0. The summed E-state index contributed by atoms with van der Waals surface area (Å²) in [5.41, 5.74) is -1.34. The zero-order valence-corrected chi connectivity index (χ0v) is 12.5. The first kappa shape index (κ1) is 17.2. The van der Waals surface area contributed by atoms with Crippen LogP contribution in [-0.2, 0) is 19.1 Å². The molecule has 21 heavy (non-hydrogen) atoms. The van der Waals surface area contributed by atoms with E-state index in [4.69, 9.17) is 4.74 Å². The third-order valence-corrected chi connectivity index (χ3v) is 3.83. The van der Waals surface area contributed by atoms with E-state index in [1.165, 1.54) is 12.0 Å². The highest BCUT2D eigenvalue weighted by atomic mass is 16.5. The zero-order valence-electron chi connectivity index (χ0n) is 12.5. The lowest BCUT2D eigenvalue weighted by atomic mass is 9.93. The first-order valence-electron chi connectivity index (χ1n) is 6.89. The predicted molar refractivity (Wildman–Crippen MR) is 72.8 cm³/mol. The first-order chi connectivity index (χ1) is 9.91. The number of carboxylic acid groups (broad SMARTS) is 1. The van der Waals surface area contributed by atoms with Crippen LogP contribution in [0, 0.1) is 0 Å². The normalized spacial score (nSPS) is 19.0. The highest BCUT2D eigenvalue weighted by Gasteiger charge is 2.41. The van der Waals surface area contributed by atoms with Crippen molar-refractivity contribution in [2.75, 3.05) is 26.9 Å². The summed E-state index contributed by atoms with van der Waals surface area (Å²) in [6.45, 7) is 3.91. The Bertz CT molecular complexity index is 407. The summed E-state index contributed by atoms with van der Waals surface area (Å²) < 4.78 is 9.82. The first-order valence-corrected chi connectivity index (χ1v) is 6.89. The number of esters is 1. The van der Waals surface area contributed by atoms with Gasteiger partial charge in [0, 0.05) is 6.54 Å². The van der Waals surface area contributed by atoms with Crippen molar-refractivity contribution in [1.29, 1.82) is 0 Å². The SMILES string of the molecule is CCC(CC)(NC(=O)N1CCOCC1C(=O)OC)C(=O)O. The lowest BCUT2D eigenvalue weighted by molar-refractivity contribution is -0.151. The van der Waals surface area contributed by atoms with Gasteiger partial charge in [-0.2, -0.15) is 0 Å². The minimum Gasteiger partial charge on any atom is -0.480 e. The number of aliphatic carboxylic acids is 1. The van der Waals surface area contributed by atoms with Gasteiger partial charge in [0.25, 0.3) is 0 Å². The third kappa shape index (κ3) is 3.63. The number of morpholine rings is 1. The molecule has 0 spiro atoms. The summed E-state index contributed by atoms with van der Waals surface area (Å²) in [5, 5.41) is 11.9. The number of hydrogen-bond donors (Lipinski definition) is 2. The molecule has 0 radical (unpaired) electrons. The number of carbonyl (C=O) groups is 3. The van der Waals surface area contributed by atoms with E-state index in [1.807, 2.05) is 0 Å². The number of methoxy groups -OCH3 is 1. The van der Waals surface area contributed by atoms with Crippen LogP contribution in [0.3, 0.4) is 0 Å².